The third-order valence-corrected chi connectivity index (χ3v) is 7.90. The Hall–Kier alpha value is -2.90. The summed E-state index contributed by atoms with van der Waals surface area (Å²) in [7, 11) is 1.64. The van der Waals surface area contributed by atoms with Gasteiger partial charge in [0.2, 0.25) is 0 Å². The molecule has 5 rings (SSSR count). The van der Waals surface area contributed by atoms with Gasteiger partial charge in [-0.15, -0.1) is 0 Å². The highest BCUT2D eigenvalue weighted by atomic mass is 16.1. The molecule has 184 valence electrons. The molecule has 2 aliphatic rings. The van der Waals surface area contributed by atoms with Crippen molar-refractivity contribution in [3.8, 4) is 0 Å². The van der Waals surface area contributed by atoms with Gasteiger partial charge in [0, 0.05) is 69.0 Å². The lowest BCUT2D eigenvalue weighted by Crippen LogP contribution is -2.50. The number of hydrogen-bond donors (Lipinski definition) is 0. The monoisotopic (exact) mass is 474 g/mol. The molecule has 1 aliphatic heterocycles. The zero-order valence-electron chi connectivity index (χ0n) is 20.5. The summed E-state index contributed by atoms with van der Waals surface area (Å²) in [6, 6.07) is 7.42. The summed E-state index contributed by atoms with van der Waals surface area (Å²) in [5.74, 6) is 0.0466. The molecule has 1 aliphatic carbocycles. The van der Waals surface area contributed by atoms with Crippen molar-refractivity contribution in [2.24, 2.45) is 7.05 Å². The summed E-state index contributed by atoms with van der Waals surface area (Å²) in [4.78, 5) is 48.1. The first-order chi connectivity index (χ1) is 17.0. The molecule has 3 heterocycles. The highest BCUT2D eigenvalue weighted by molar-refractivity contribution is 6.00. The zero-order chi connectivity index (χ0) is 24.4. The van der Waals surface area contributed by atoms with Gasteiger partial charge in [0.05, 0.1) is 16.3 Å². The van der Waals surface area contributed by atoms with E-state index in [1.165, 1.54) is 49.1 Å². The maximum absolute atomic E-state index is 13.1. The molecule has 0 bridgehead atoms. The second-order valence-corrected chi connectivity index (χ2v) is 10.0. The minimum Gasteiger partial charge on any atom is -0.311 e. The Bertz CT molecular complexity index is 1350. The van der Waals surface area contributed by atoms with Crippen molar-refractivity contribution >= 4 is 27.5 Å². The lowest BCUT2D eigenvalue weighted by molar-refractivity contribution is 0.0769. The average molecular weight is 475 g/mol. The van der Waals surface area contributed by atoms with Gasteiger partial charge in [-0.1, -0.05) is 25.3 Å². The minimum atomic E-state index is -0.272. The number of nitrogens with zero attached hydrogens (tertiary/aromatic N) is 4. The number of aryl methyl sites for hydroxylation is 1. The van der Waals surface area contributed by atoms with Crippen LogP contribution in [0.4, 0.5) is 0 Å². The zero-order valence-corrected chi connectivity index (χ0v) is 20.5. The summed E-state index contributed by atoms with van der Waals surface area (Å²) >= 11 is 0. The Morgan fingerprint density at radius 2 is 1.74 bits per heavy atom. The topological polar surface area (TPSA) is 75.5 Å². The SMILES string of the molecule is Cn1c(=O)c2ccncc2c(=O)c2ccc(C(=O)CCCN3CCN(C4CCCCC4)CC3)cc21. The number of aromatic nitrogens is 2. The van der Waals surface area contributed by atoms with Gasteiger partial charge in [-0.25, -0.2) is 0 Å². The van der Waals surface area contributed by atoms with Crippen LogP contribution in [0.1, 0.15) is 55.3 Å². The number of ketones is 1. The van der Waals surface area contributed by atoms with E-state index in [4.69, 9.17) is 0 Å². The van der Waals surface area contributed by atoms with Crippen molar-refractivity contribution in [2.75, 3.05) is 32.7 Å². The molecule has 3 aromatic rings. The number of rotatable bonds is 6. The Labute approximate surface area is 205 Å². The molecule has 0 spiro atoms. The second kappa shape index (κ2) is 10.4. The van der Waals surface area contributed by atoms with E-state index >= 15 is 0 Å². The van der Waals surface area contributed by atoms with Gasteiger partial charge in [-0.3, -0.25) is 24.3 Å². The summed E-state index contributed by atoms with van der Waals surface area (Å²) in [5, 5.41) is 1.05. The third-order valence-electron chi connectivity index (χ3n) is 7.90. The Kier molecular flexibility index (Phi) is 7.07. The number of carbonyl (C=O) groups excluding carboxylic acids is 1. The number of benzene rings is 1. The number of fused-ring (bicyclic) bond motifs is 2. The number of pyridine rings is 1. The fraction of sp³-hybridized carbons (Fsp3) is 0.500. The number of piperazine rings is 1. The molecular weight excluding hydrogens is 440 g/mol. The van der Waals surface area contributed by atoms with Crippen LogP contribution in [0.25, 0.3) is 21.7 Å². The first-order valence-corrected chi connectivity index (χ1v) is 12.9. The summed E-state index contributed by atoms with van der Waals surface area (Å²) in [6.07, 6.45) is 11.1. The molecular formula is C28H34N4O3. The third kappa shape index (κ3) is 4.93. The van der Waals surface area contributed by atoms with E-state index in [1.807, 2.05) is 0 Å². The molecule has 1 aromatic carbocycles. The van der Waals surface area contributed by atoms with Crippen molar-refractivity contribution in [1.29, 1.82) is 0 Å². The van der Waals surface area contributed by atoms with Crippen LogP contribution in [0.5, 0.6) is 0 Å². The molecule has 1 saturated heterocycles. The van der Waals surface area contributed by atoms with E-state index in [1.54, 1.807) is 31.3 Å². The van der Waals surface area contributed by atoms with Crippen LogP contribution < -0.4 is 11.0 Å². The van der Waals surface area contributed by atoms with Gasteiger partial charge >= 0.3 is 0 Å². The molecule has 7 nitrogen and oxygen atoms in total. The van der Waals surface area contributed by atoms with E-state index in [0.717, 1.165) is 45.2 Å². The fourth-order valence-electron chi connectivity index (χ4n) is 5.78. The maximum Gasteiger partial charge on any atom is 0.258 e. The lowest BCUT2D eigenvalue weighted by Gasteiger charge is -2.40. The maximum atomic E-state index is 13.1. The van der Waals surface area contributed by atoms with Crippen molar-refractivity contribution in [3.05, 3.63) is 62.8 Å². The molecule has 0 unspecified atom stereocenters. The molecule has 7 heteroatoms. The van der Waals surface area contributed by atoms with E-state index in [0.29, 0.717) is 33.7 Å². The van der Waals surface area contributed by atoms with Gasteiger partial charge in [0.1, 0.15) is 0 Å². The van der Waals surface area contributed by atoms with Crippen LogP contribution in [-0.4, -0.2) is 63.9 Å². The van der Waals surface area contributed by atoms with E-state index < -0.39 is 0 Å². The summed E-state index contributed by atoms with van der Waals surface area (Å²) in [5.41, 5.74) is 0.502. The average Bonchev–Trinajstić information content (AvgIpc) is 2.99. The Balaban J connectivity index is 1.24. The number of carbonyl (C=O) groups is 1. The van der Waals surface area contributed by atoms with Gasteiger partial charge in [-0.2, -0.15) is 0 Å². The van der Waals surface area contributed by atoms with Gasteiger partial charge in [0.25, 0.3) is 5.56 Å². The van der Waals surface area contributed by atoms with Crippen molar-refractivity contribution < 1.29 is 4.79 Å². The van der Waals surface area contributed by atoms with Crippen LogP contribution in [0.3, 0.4) is 0 Å². The van der Waals surface area contributed by atoms with Crippen molar-refractivity contribution in [3.63, 3.8) is 0 Å². The molecule has 0 amide bonds. The molecule has 0 radical (unpaired) electrons. The second-order valence-electron chi connectivity index (χ2n) is 10.0. The van der Waals surface area contributed by atoms with Crippen LogP contribution in [0.2, 0.25) is 0 Å². The van der Waals surface area contributed by atoms with Gasteiger partial charge in [-0.05, 0) is 44.0 Å². The summed E-state index contributed by atoms with van der Waals surface area (Å²) in [6.45, 7) is 5.35. The first kappa shape index (κ1) is 23.8. The molecule has 2 aromatic heterocycles. The number of Topliss-reactive ketones (excluding diaryl/α,β-unsaturated/α-hetero) is 1. The Morgan fingerprint density at radius 1 is 0.971 bits per heavy atom. The molecule has 2 fully saturated rings. The van der Waals surface area contributed by atoms with Crippen LogP contribution in [0.15, 0.2) is 46.2 Å². The molecule has 1 saturated carbocycles. The highest BCUT2D eigenvalue weighted by Gasteiger charge is 2.25. The smallest absolute Gasteiger partial charge is 0.258 e. The van der Waals surface area contributed by atoms with Crippen LogP contribution in [0, 0.1) is 0 Å². The molecule has 35 heavy (non-hydrogen) atoms. The fourth-order valence-corrected chi connectivity index (χ4v) is 5.78. The molecule has 0 N–H and O–H groups in total. The van der Waals surface area contributed by atoms with Crippen molar-refractivity contribution in [1.82, 2.24) is 19.4 Å². The van der Waals surface area contributed by atoms with Crippen molar-refractivity contribution in [2.45, 2.75) is 51.0 Å². The largest absolute Gasteiger partial charge is 0.311 e. The van der Waals surface area contributed by atoms with E-state index in [-0.39, 0.29) is 16.8 Å². The van der Waals surface area contributed by atoms with Crippen LogP contribution >= 0.6 is 0 Å². The van der Waals surface area contributed by atoms with E-state index in [2.05, 4.69) is 14.8 Å². The summed E-state index contributed by atoms with van der Waals surface area (Å²) < 4.78 is 1.46. The Morgan fingerprint density at radius 3 is 2.51 bits per heavy atom. The number of hydrogen-bond acceptors (Lipinski definition) is 6. The van der Waals surface area contributed by atoms with Crippen LogP contribution in [-0.2, 0) is 7.05 Å². The standard InChI is InChI=1S/C28H34N4O3/c1-30-25-18-20(9-10-23(25)27(34)24-19-29-12-11-22(24)28(30)35)26(33)8-5-13-31-14-16-32(17-15-31)21-6-3-2-4-7-21/h9-12,18-19,21H,2-8,13-17H2,1H3. The lowest BCUT2D eigenvalue weighted by atomic mass is 9.94. The quantitative estimate of drug-likeness (QED) is 0.510. The predicted octanol–water partition coefficient (Wildman–Crippen LogP) is 3.36. The molecule has 0 atom stereocenters. The minimum absolute atomic E-state index is 0.0466. The van der Waals surface area contributed by atoms with Gasteiger partial charge < -0.3 is 9.47 Å². The highest BCUT2D eigenvalue weighted by Crippen LogP contribution is 2.23. The van der Waals surface area contributed by atoms with Gasteiger partial charge in [0.15, 0.2) is 11.2 Å². The predicted molar refractivity (Wildman–Crippen MR) is 139 cm³/mol. The van der Waals surface area contributed by atoms with E-state index in [9.17, 15) is 14.4 Å². The normalized spacial score (nSPS) is 18.3. The first-order valence-electron chi connectivity index (χ1n) is 12.9.